The molecule has 0 aliphatic heterocycles. The average Bonchev–Trinajstić information content (AvgIpc) is 2.26. The number of rotatable bonds is 10. The number of allylic oxidation sites excluding steroid dienone is 5. The van der Waals surface area contributed by atoms with Crippen LogP contribution in [0.5, 0.6) is 0 Å². The Hall–Kier alpha value is -0.780. The first kappa shape index (κ1) is 14.2. The van der Waals surface area contributed by atoms with Gasteiger partial charge in [-0.3, -0.25) is 0 Å². The highest BCUT2D eigenvalue weighted by atomic mass is 13.9. The Kier molecular flexibility index (Phi) is 12.5. The third kappa shape index (κ3) is 13.2. The molecule has 0 N–H and O–H groups in total. The first-order chi connectivity index (χ1) is 7.41. The molecule has 0 spiro atoms. The van der Waals surface area contributed by atoms with Crippen molar-refractivity contribution in [3.05, 3.63) is 37.0 Å². The van der Waals surface area contributed by atoms with Crippen molar-refractivity contribution in [1.82, 2.24) is 0 Å². The molecule has 86 valence electrons. The van der Waals surface area contributed by atoms with Gasteiger partial charge in [0.2, 0.25) is 0 Å². The van der Waals surface area contributed by atoms with Gasteiger partial charge in [0.05, 0.1) is 0 Å². The summed E-state index contributed by atoms with van der Waals surface area (Å²) in [6, 6.07) is 0. The zero-order valence-electron chi connectivity index (χ0n) is 10.3. The summed E-state index contributed by atoms with van der Waals surface area (Å²) in [7, 11) is 0. The molecule has 0 aliphatic carbocycles. The van der Waals surface area contributed by atoms with Gasteiger partial charge >= 0.3 is 0 Å². The van der Waals surface area contributed by atoms with Gasteiger partial charge in [0.1, 0.15) is 0 Å². The van der Waals surface area contributed by atoms with Crippen LogP contribution in [-0.4, -0.2) is 0 Å². The number of unbranched alkanes of at least 4 members (excludes halogenated alkanes) is 5. The van der Waals surface area contributed by atoms with Crippen molar-refractivity contribution in [3.8, 4) is 0 Å². The molecule has 0 aromatic heterocycles. The van der Waals surface area contributed by atoms with Crippen LogP contribution in [0.3, 0.4) is 0 Å². The van der Waals surface area contributed by atoms with Crippen molar-refractivity contribution in [2.45, 2.75) is 58.3 Å². The minimum Gasteiger partial charge on any atom is -0.103 e. The maximum absolute atomic E-state index is 3.71. The van der Waals surface area contributed by atoms with Gasteiger partial charge in [0.25, 0.3) is 0 Å². The summed E-state index contributed by atoms with van der Waals surface area (Å²) in [4.78, 5) is 0. The van der Waals surface area contributed by atoms with Gasteiger partial charge in [-0.05, 0) is 38.5 Å². The highest BCUT2D eigenvalue weighted by Crippen LogP contribution is 2.01. The SMILES string of the molecule is C=CCCCC=CCCC=CCCCC. The Morgan fingerprint density at radius 2 is 1.27 bits per heavy atom. The molecule has 0 saturated carbocycles. The van der Waals surface area contributed by atoms with Gasteiger partial charge in [-0.15, -0.1) is 6.58 Å². The van der Waals surface area contributed by atoms with Crippen molar-refractivity contribution < 1.29 is 0 Å². The maximum atomic E-state index is 3.71. The molecule has 0 unspecified atom stereocenters. The summed E-state index contributed by atoms with van der Waals surface area (Å²) in [5.74, 6) is 0. The second-order valence-electron chi connectivity index (χ2n) is 3.88. The molecule has 0 heterocycles. The first-order valence-corrected chi connectivity index (χ1v) is 6.32. The van der Waals surface area contributed by atoms with E-state index in [1.807, 2.05) is 6.08 Å². The predicted octanol–water partition coefficient (Wildman–Crippen LogP) is 5.43. The molecule has 0 heteroatoms. The van der Waals surface area contributed by atoms with E-state index in [2.05, 4.69) is 37.8 Å². The molecule has 0 aliphatic rings. The lowest BCUT2D eigenvalue weighted by Crippen LogP contribution is -1.70. The largest absolute Gasteiger partial charge is 0.103 e. The minimum atomic E-state index is 1.14. The van der Waals surface area contributed by atoms with Gasteiger partial charge in [-0.1, -0.05) is 50.1 Å². The molecule has 0 saturated heterocycles. The normalized spacial score (nSPS) is 11.5. The Morgan fingerprint density at radius 3 is 1.80 bits per heavy atom. The molecule has 0 atom stereocenters. The Balaban J connectivity index is 3.15. The van der Waals surface area contributed by atoms with Crippen molar-refractivity contribution in [2.75, 3.05) is 0 Å². The molecule has 0 radical (unpaired) electrons. The minimum absolute atomic E-state index is 1.14. The van der Waals surface area contributed by atoms with E-state index in [4.69, 9.17) is 0 Å². The highest BCUT2D eigenvalue weighted by Gasteiger charge is 1.81. The van der Waals surface area contributed by atoms with E-state index in [1.165, 1.54) is 44.9 Å². The topological polar surface area (TPSA) is 0 Å². The molecule has 0 bridgehead atoms. The fraction of sp³-hybridized carbons (Fsp3) is 0.600. The zero-order chi connectivity index (χ0) is 11.2. The summed E-state index contributed by atoms with van der Waals surface area (Å²) in [5.41, 5.74) is 0. The number of hydrogen-bond acceptors (Lipinski definition) is 0. The van der Waals surface area contributed by atoms with Crippen LogP contribution in [0.1, 0.15) is 58.3 Å². The fourth-order valence-corrected chi connectivity index (χ4v) is 1.37. The molecule has 0 aromatic carbocycles. The van der Waals surface area contributed by atoms with E-state index < -0.39 is 0 Å². The molecule has 0 fully saturated rings. The average molecular weight is 206 g/mol. The summed E-state index contributed by atoms with van der Waals surface area (Å²) in [6.45, 7) is 5.95. The molecular formula is C15H26. The van der Waals surface area contributed by atoms with Crippen molar-refractivity contribution in [2.24, 2.45) is 0 Å². The second-order valence-corrected chi connectivity index (χ2v) is 3.88. The Morgan fingerprint density at radius 1 is 0.733 bits per heavy atom. The summed E-state index contributed by atoms with van der Waals surface area (Å²) >= 11 is 0. The third-order valence-corrected chi connectivity index (χ3v) is 2.34. The van der Waals surface area contributed by atoms with Crippen LogP contribution in [-0.2, 0) is 0 Å². The van der Waals surface area contributed by atoms with Crippen molar-refractivity contribution in [3.63, 3.8) is 0 Å². The first-order valence-electron chi connectivity index (χ1n) is 6.32. The Labute approximate surface area is 95.8 Å². The molecule has 0 aromatic rings. The summed E-state index contributed by atoms with van der Waals surface area (Å²) in [5, 5.41) is 0. The van der Waals surface area contributed by atoms with E-state index in [1.54, 1.807) is 0 Å². The van der Waals surface area contributed by atoms with Crippen LogP contribution >= 0.6 is 0 Å². The summed E-state index contributed by atoms with van der Waals surface area (Å²) in [6.07, 6.45) is 21.1. The quantitative estimate of drug-likeness (QED) is 0.330. The molecule has 0 rings (SSSR count). The van der Waals surface area contributed by atoms with Crippen molar-refractivity contribution >= 4 is 0 Å². The van der Waals surface area contributed by atoms with E-state index >= 15 is 0 Å². The van der Waals surface area contributed by atoms with E-state index in [-0.39, 0.29) is 0 Å². The van der Waals surface area contributed by atoms with Crippen LogP contribution in [0.15, 0.2) is 37.0 Å². The summed E-state index contributed by atoms with van der Waals surface area (Å²) < 4.78 is 0. The van der Waals surface area contributed by atoms with Crippen molar-refractivity contribution in [1.29, 1.82) is 0 Å². The van der Waals surface area contributed by atoms with E-state index in [0.29, 0.717) is 0 Å². The van der Waals surface area contributed by atoms with E-state index in [9.17, 15) is 0 Å². The lowest BCUT2D eigenvalue weighted by molar-refractivity contribution is 0.811. The third-order valence-electron chi connectivity index (χ3n) is 2.34. The maximum Gasteiger partial charge on any atom is -0.0316 e. The van der Waals surface area contributed by atoms with Gasteiger partial charge in [-0.2, -0.15) is 0 Å². The predicted molar refractivity (Wildman–Crippen MR) is 71.1 cm³/mol. The molecular weight excluding hydrogens is 180 g/mol. The molecule has 0 amide bonds. The molecule has 15 heavy (non-hydrogen) atoms. The Bertz CT molecular complexity index is 174. The molecule has 0 nitrogen and oxygen atoms in total. The fourth-order valence-electron chi connectivity index (χ4n) is 1.37. The standard InChI is InChI=1S/C15H26/c1-3-5-7-9-11-13-15-14-12-10-8-6-4-2/h3,10-13H,1,4-9,14-15H2,2H3. The van der Waals surface area contributed by atoms with Gasteiger partial charge in [-0.25, -0.2) is 0 Å². The second kappa shape index (κ2) is 13.2. The smallest absolute Gasteiger partial charge is 0.0316 e. The van der Waals surface area contributed by atoms with Gasteiger partial charge in [0.15, 0.2) is 0 Å². The van der Waals surface area contributed by atoms with Gasteiger partial charge in [0, 0.05) is 0 Å². The van der Waals surface area contributed by atoms with Gasteiger partial charge < -0.3 is 0 Å². The van der Waals surface area contributed by atoms with Crippen LogP contribution in [0.4, 0.5) is 0 Å². The number of hydrogen-bond donors (Lipinski definition) is 0. The van der Waals surface area contributed by atoms with Crippen LogP contribution in [0.2, 0.25) is 0 Å². The lowest BCUT2D eigenvalue weighted by Gasteiger charge is -1.90. The highest BCUT2D eigenvalue weighted by molar-refractivity contribution is 4.88. The van der Waals surface area contributed by atoms with Crippen LogP contribution in [0, 0.1) is 0 Å². The van der Waals surface area contributed by atoms with Crippen LogP contribution in [0.25, 0.3) is 0 Å². The zero-order valence-corrected chi connectivity index (χ0v) is 10.3. The monoisotopic (exact) mass is 206 g/mol. The van der Waals surface area contributed by atoms with E-state index in [0.717, 1.165) is 6.42 Å². The van der Waals surface area contributed by atoms with Crippen LogP contribution < -0.4 is 0 Å². The lowest BCUT2D eigenvalue weighted by atomic mass is 10.2.